The lowest BCUT2D eigenvalue weighted by Gasteiger charge is -2.16. The van der Waals surface area contributed by atoms with Crippen LogP contribution in [0.4, 0.5) is 4.39 Å². The Hall–Kier alpha value is -3.72. The van der Waals surface area contributed by atoms with Crippen molar-refractivity contribution in [3.05, 3.63) is 89.2 Å². The molecule has 4 N–H and O–H groups in total. The van der Waals surface area contributed by atoms with E-state index in [1.165, 1.54) is 0 Å². The molecule has 0 saturated carbocycles. The predicted molar refractivity (Wildman–Crippen MR) is 144 cm³/mol. The van der Waals surface area contributed by atoms with Crippen molar-refractivity contribution in [2.75, 3.05) is 20.4 Å². The molecule has 8 heteroatoms. The number of carbonyl (C=O) groups excluding carboxylic acids is 1. The lowest BCUT2D eigenvalue weighted by atomic mass is 9.97. The van der Waals surface area contributed by atoms with Crippen molar-refractivity contribution in [2.24, 2.45) is 11.5 Å². The minimum atomic E-state index is -0.689. The molecule has 0 amide bonds. The van der Waals surface area contributed by atoms with Crippen LogP contribution in [0.1, 0.15) is 35.2 Å². The van der Waals surface area contributed by atoms with Gasteiger partial charge in [0.05, 0.1) is 25.3 Å². The van der Waals surface area contributed by atoms with Gasteiger partial charge < -0.3 is 30.1 Å². The van der Waals surface area contributed by atoms with E-state index in [0.29, 0.717) is 30.0 Å². The second-order valence-electron chi connectivity index (χ2n) is 9.24. The van der Waals surface area contributed by atoms with Crippen LogP contribution in [0.3, 0.4) is 0 Å². The molecule has 0 bridgehead atoms. The van der Waals surface area contributed by atoms with Gasteiger partial charge in [-0.25, -0.2) is 4.39 Å². The molecule has 7 nitrogen and oxygen atoms in total. The number of methoxy groups -OCH3 is 1. The largest absolute Gasteiger partial charge is 0.489 e. The first-order chi connectivity index (χ1) is 18.4. The zero-order valence-corrected chi connectivity index (χ0v) is 21.6. The normalized spacial score (nSPS) is 12.9. The fraction of sp³-hybridized carbons (Fsp3) is 0.300. The summed E-state index contributed by atoms with van der Waals surface area (Å²) < 4.78 is 35.7. The van der Waals surface area contributed by atoms with E-state index in [1.54, 1.807) is 20.3 Å². The molecule has 0 spiro atoms. The number of carbonyl (C=O) groups is 1. The fourth-order valence-corrected chi connectivity index (χ4v) is 4.33. The van der Waals surface area contributed by atoms with Crippen LogP contribution in [0.25, 0.3) is 22.1 Å². The molecule has 200 valence electrons. The average Bonchev–Trinajstić information content (AvgIpc) is 3.40. The van der Waals surface area contributed by atoms with Gasteiger partial charge in [-0.1, -0.05) is 30.3 Å². The third-order valence-corrected chi connectivity index (χ3v) is 6.23. The van der Waals surface area contributed by atoms with E-state index in [4.69, 9.17) is 30.1 Å². The molecule has 3 aromatic carbocycles. The van der Waals surface area contributed by atoms with Crippen molar-refractivity contribution < 1.29 is 27.8 Å². The van der Waals surface area contributed by atoms with Crippen molar-refractivity contribution in [2.45, 2.75) is 38.6 Å². The van der Waals surface area contributed by atoms with Crippen molar-refractivity contribution in [1.29, 1.82) is 0 Å². The fourth-order valence-electron chi connectivity index (χ4n) is 4.33. The van der Waals surface area contributed by atoms with Gasteiger partial charge >= 0.3 is 5.97 Å². The summed E-state index contributed by atoms with van der Waals surface area (Å²) in [5.41, 5.74) is 17.4. The second-order valence-corrected chi connectivity index (χ2v) is 9.24. The molecule has 1 heterocycles. The lowest BCUT2D eigenvalue weighted by molar-refractivity contribution is -0.149. The van der Waals surface area contributed by atoms with E-state index in [-0.39, 0.29) is 25.1 Å². The molecule has 0 aliphatic rings. The van der Waals surface area contributed by atoms with Crippen LogP contribution in [-0.4, -0.2) is 32.5 Å². The SMILES string of the molecule is COCC(C)OC(=O)Cc1ccc(CN)cc1OCc1cc(-c2cccc(C(N)CF)c2)c2occc2c1. The number of hydrogen-bond donors (Lipinski definition) is 2. The molecule has 0 saturated heterocycles. The number of furan rings is 1. The van der Waals surface area contributed by atoms with Crippen molar-refractivity contribution in [3.8, 4) is 16.9 Å². The second kappa shape index (κ2) is 12.7. The molecule has 0 aliphatic heterocycles. The van der Waals surface area contributed by atoms with Gasteiger partial charge in [-0.15, -0.1) is 0 Å². The monoisotopic (exact) mass is 520 g/mol. The molecule has 38 heavy (non-hydrogen) atoms. The Morgan fingerprint density at radius 1 is 1.08 bits per heavy atom. The molecule has 2 atom stereocenters. The number of esters is 1. The van der Waals surface area contributed by atoms with Gasteiger partial charge in [0, 0.05) is 30.2 Å². The first-order valence-corrected chi connectivity index (χ1v) is 12.5. The molecule has 0 fully saturated rings. The Bertz CT molecular complexity index is 1390. The van der Waals surface area contributed by atoms with E-state index in [0.717, 1.165) is 33.2 Å². The number of hydrogen-bond acceptors (Lipinski definition) is 7. The minimum absolute atomic E-state index is 0.0574. The Labute approximate surface area is 221 Å². The number of alkyl halides is 1. The van der Waals surface area contributed by atoms with Gasteiger partial charge in [0.25, 0.3) is 0 Å². The highest BCUT2D eigenvalue weighted by molar-refractivity contribution is 5.93. The molecule has 4 rings (SSSR count). The first kappa shape index (κ1) is 27.3. The standard InChI is InChI=1S/C30H33FN2O5/c1-19(17-35-2)38-29(34)14-24-7-6-20(16-32)12-28(24)37-18-21-10-25-8-9-36-30(25)26(11-21)22-4-3-5-23(13-22)27(33)15-31/h3-13,19,27H,14-18,32-33H2,1-2H3. The van der Waals surface area contributed by atoms with E-state index in [9.17, 15) is 9.18 Å². The molecule has 0 aliphatic carbocycles. The summed E-state index contributed by atoms with van der Waals surface area (Å²) in [7, 11) is 1.56. The van der Waals surface area contributed by atoms with Crippen LogP contribution in [-0.2, 0) is 33.8 Å². The van der Waals surface area contributed by atoms with Crippen LogP contribution < -0.4 is 16.2 Å². The smallest absolute Gasteiger partial charge is 0.310 e. The highest BCUT2D eigenvalue weighted by Crippen LogP contribution is 2.33. The summed E-state index contributed by atoms with van der Waals surface area (Å²) >= 11 is 0. The summed E-state index contributed by atoms with van der Waals surface area (Å²) in [5.74, 6) is 0.197. The van der Waals surface area contributed by atoms with E-state index >= 15 is 0 Å². The summed E-state index contributed by atoms with van der Waals surface area (Å²) in [5, 5.41) is 0.910. The quantitative estimate of drug-likeness (QED) is 0.246. The number of nitrogens with two attached hydrogens (primary N) is 2. The predicted octanol–water partition coefficient (Wildman–Crippen LogP) is 5.23. The number of ether oxygens (including phenoxy) is 3. The Morgan fingerprint density at radius 2 is 1.92 bits per heavy atom. The third-order valence-electron chi connectivity index (χ3n) is 6.23. The topological polar surface area (TPSA) is 110 Å². The zero-order valence-electron chi connectivity index (χ0n) is 21.6. The van der Waals surface area contributed by atoms with Crippen LogP contribution in [0.2, 0.25) is 0 Å². The van der Waals surface area contributed by atoms with Crippen LogP contribution >= 0.6 is 0 Å². The average molecular weight is 521 g/mol. The van der Waals surface area contributed by atoms with Crippen molar-refractivity contribution >= 4 is 16.9 Å². The van der Waals surface area contributed by atoms with Crippen LogP contribution in [0, 0.1) is 0 Å². The summed E-state index contributed by atoms with van der Waals surface area (Å²) in [6.45, 7) is 2.04. The maximum Gasteiger partial charge on any atom is 0.310 e. The number of halogens is 1. The minimum Gasteiger partial charge on any atom is -0.489 e. The van der Waals surface area contributed by atoms with Crippen LogP contribution in [0.5, 0.6) is 5.75 Å². The van der Waals surface area contributed by atoms with Gasteiger partial charge in [-0.05, 0) is 59.5 Å². The maximum atomic E-state index is 13.2. The highest BCUT2D eigenvalue weighted by Gasteiger charge is 2.16. The summed E-state index contributed by atoms with van der Waals surface area (Å²) in [6.07, 6.45) is 1.34. The summed E-state index contributed by atoms with van der Waals surface area (Å²) in [6, 6.07) is 18.2. The van der Waals surface area contributed by atoms with Crippen molar-refractivity contribution in [3.63, 3.8) is 0 Å². The molecule has 1 aromatic heterocycles. The molecule has 2 unspecified atom stereocenters. The Morgan fingerprint density at radius 3 is 2.68 bits per heavy atom. The molecule has 4 aromatic rings. The van der Waals surface area contributed by atoms with Gasteiger partial charge in [0.2, 0.25) is 0 Å². The number of benzene rings is 3. The molecular weight excluding hydrogens is 487 g/mol. The van der Waals surface area contributed by atoms with Crippen LogP contribution in [0.15, 0.2) is 71.3 Å². The number of rotatable bonds is 12. The number of fused-ring (bicyclic) bond motifs is 1. The first-order valence-electron chi connectivity index (χ1n) is 12.5. The van der Waals surface area contributed by atoms with Gasteiger partial charge in [-0.2, -0.15) is 0 Å². The van der Waals surface area contributed by atoms with Gasteiger partial charge in [0.15, 0.2) is 0 Å². The van der Waals surface area contributed by atoms with Gasteiger partial charge in [0.1, 0.15) is 30.7 Å². The van der Waals surface area contributed by atoms with E-state index < -0.39 is 12.7 Å². The Kier molecular flexibility index (Phi) is 9.12. The molecular formula is C30H33FN2O5. The zero-order chi connectivity index (χ0) is 27.1. The Balaban J connectivity index is 1.60. The van der Waals surface area contributed by atoms with E-state index in [1.807, 2.05) is 60.7 Å². The van der Waals surface area contributed by atoms with Crippen molar-refractivity contribution in [1.82, 2.24) is 0 Å². The lowest BCUT2D eigenvalue weighted by Crippen LogP contribution is -2.21. The van der Waals surface area contributed by atoms with Gasteiger partial charge in [-0.3, -0.25) is 4.79 Å². The van der Waals surface area contributed by atoms with E-state index in [2.05, 4.69) is 0 Å². The third kappa shape index (κ3) is 6.58. The highest BCUT2D eigenvalue weighted by atomic mass is 19.1. The maximum absolute atomic E-state index is 13.2. The molecule has 0 radical (unpaired) electrons. The summed E-state index contributed by atoms with van der Waals surface area (Å²) in [4.78, 5) is 12.5.